The van der Waals surface area contributed by atoms with Crippen LogP contribution in [0, 0.1) is 13.8 Å². The monoisotopic (exact) mass is 430 g/mol. The fourth-order valence-corrected chi connectivity index (χ4v) is 3.66. The van der Waals surface area contributed by atoms with Gasteiger partial charge in [0.25, 0.3) is 0 Å². The third-order valence-electron chi connectivity index (χ3n) is 4.27. The highest BCUT2D eigenvalue weighted by Crippen LogP contribution is 2.22. The van der Waals surface area contributed by atoms with Gasteiger partial charge in [-0.2, -0.15) is 0 Å². The van der Waals surface area contributed by atoms with E-state index in [0.29, 0.717) is 29.0 Å². The van der Waals surface area contributed by atoms with E-state index in [1.807, 2.05) is 37.5 Å². The normalized spacial score (nSPS) is 10.8. The number of carbonyl (C=O) groups excluding carboxylic acids is 1. The lowest BCUT2D eigenvalue weighted by Crippen LogP contribution is -2.14. The van der Waals surface area contributed by atoms with Crippen molar-refractivity contribution in [3.8, 4) is 5.75 Å². The number of hydrogen-bond acceptors (Lipinski definition) is 5. The van der Waals surface area contributed by atoms with Crippen molar-refractivity contribution >= 4 is 35.0 Å². The molecule has 1 heterocycles. The van der Waals surface area contributed by atoms with Crippen molar-refractivity contribution in [2.75, 3.05) is 11.1 Å². The van der Waals surface area contributed by atoms with Gasteiger partial charge < -0.3 is 14.6 Å². The molecule has 3 aromatic rings. The molecule has 0 saturated heterocycles. The molecule has 1 amide bonds. The number of halogens is 1. The van der Waals surface area contributed by atoms with Crippen molar-refractivity contribution in [3.63, 3.8) is 0 Å². The van der Waals surface area contributed by atoms with Crippen LogP contribution in [-0.2, 0) is 17.9 Å². The summed E-state index contributed by atoms with van der Waals surface area (Å²) in [4.78, 5) is 12.2. The van der Waals surface area contributed by atoms with Crippen molar-refractivity contribution in [3.05, 3.63) is 64.4 Å². The van der Waals surface area contributed by atoms with Crippen LogP contribution in [0.1, 0.15) is 23.9 Å². The summed E-state index contributed by atoms with van der Waals surface area (Å²) in [5.74, 6) is 1.69. The van der Waals surface area contributed by atoms with Gasteiger partial charge in [-0.05, 0) is 62.2 Å². The molecule has 0 spiro atoms. The average molecular weight is 431 g/mol. The number of benzene rings is 2. The van der Waals surface area contributed by atoms with E-state index < -0.39 is 0 Å². The summed E-state index contributed by atoms with van der Waals surface area (Å²) in [6.07, 6.45) is 0. The third kappa shape index (κ3) is 5.74. The Morgan fingerprint density at radius 3 is 2.66 bits per heavy atom. The van der Waals surface area contributed by atoms with Gasteiger partial charge in [0, 0.05) is 17.3 Å². The van der Waals surface area contributed by atoms with Crippen molar-refractivity contribution in [1.29, 1.82) is 0 Å². The van der Waals surface area contributed by atoms with E-state index in [1.165, 1.54) is 11.8 Å². The molecule has 0 saturated carbocycles. The zero-order valence-corrected chi connectivity index (χ0v) is 18.2. The van der Waals surface area contributed by atoms with Crippen LogP contribution >= 0.6 is 23.4 Å². The average Bonchev–Trinajstić information content (AvgIpc) is 3.10. The van der Waals surface area contributed by atoms with Gasteiger partial charge in [0.15, 0.2) is 11.0 Å². The highest BCUT2D eigenvalue weighted by Gasteiger charge is 2.14. The molecule has 1 N–H and O–H groups in total. The van der Waals surface area contributed by atoms with Crippen LogP contribution < -0.4 is 10.1 Å². The predicted molar refractivity (Wildman–Crippen MR) is 117 cm³/mol. The van der Waals surface area contributed by atoms with Gasteiger partial charge >= 0.3 is 0 Å². The smallest absolute Gasteiger partial charge is 0.234 e. The summed E-state index contributed by atoms with van der Waals surface area (Å²) in [5, 5.41) is 12.6. The minimum absolute atomic E-state index is 0.115. The molecule has 1 aromatic heterocycles. The fourth-order valence-electron chi connectivity index (χ4n) is 2.72. The molecule has 0 aliphatic heterocycles. The zero-order valence-electron chi connectivity index (χ0n) is 16.6. The maximum absolute atomic E-state index is 12.2. The van der Waals surface area contributed by atoms with Gasteiger partial charge in [-0.25, -0.2) is 0 Å². The van der Waals surface area contributed by atoms with E-state index in [0.717, 1.165) is 22.7 Å². The van der Waals surface area contributed by atoms with Gasteiger partial charge in [-0.15, -0.1) is 10.2 Å². The summed E-state index contributed by atoms with van der Waals surface area (Å²) in [7, 11) is 0. The maximum atomic E-state index is 12.2. The number of anilines is 1. The number of nitrogens with one attached hydrogen (secondary N) is 1. The molecule has 3 rings (SSSR count). The van der Waals surface area contributed by atoms with Crippen LogP contribution in [0.25, 0.3) is 0 Å². The molecular formula is C21H23ClN4O2S. The Hall–Kier alpha value is -2.51. The molecule has 29 heavy (non-hydrogen) atoms. The molecule has 6 nitrogen and oxygen atoms in total. The Balaban J connectivity index is 1.59. The minimum Gasteiger partial charge on any atom is -0.485 e. The number of carbonyl (C=O) groups is 1. The number of amides is 1. The van der Waals surface area contributed by atoms with Gasteiger partial charge in [-0.1, -0.05) is 35.5 Å². The SMILES string of the molecule is CCn1c(COc2cc(C)ccc2C)nnc1SCC(=O)Nc1ccc(Cl)cc1. The number of aryl methyl sites for hydroxylation is 2. The first-order chi connectivity index (χ1) is 14.0. The molecular weight excluding hydrogens is 408 g/mol. The van der Waals surface area contributed by atoms with Crippen LogP contribution in [0.5, 0.6) is 5.75 Å². The quantitative estimate of drug-likeness (QED) is 0.516. The van der Waals surface area contributed by atoms with Crippen LogP contribution in [0.15, 0.2) is 47.6 Å². The number of aromatic nitrogens is 3. The highest BCUT2D eigenvalue weighted by molar-refractivity contribution is 7.99. The predicted octanol–water partition coefficient (Wildman–Crippen LogP) is 4.88. The van der Waals surface area contributed by atoms with E-state index in [-0.39, 0.29) is 11.7 Å². The second kappa shape index (κ2) is 9.80. The Morgan fingerprint density at radius 2 is 1.93 bits per heavy atom. The highest BCUT2D eigenvalue weighted by atomic mass is 35.5. The minimum atomic E-state index is -0.115. The summed E-state index contributed by atoms with van der Waals surface area (Å²) in [5.41, 5.74) is 2.93. The molecule has 0 aliphatic carbocycles. The van der Waals surface area contributed by atoms with E-state index in [9.17, 15) is 4.79 Å². The van der Waals surface area contributed by atoms with Gasteiger partial charge in [0.05, 0.1) is 5.75 Å². The third-order valence-corrected chi connectivity index (χ3v) is 5.49. The lowest BCUT2D eigenvalue weighted by atomic mass is 10.1. The molecule has 0 fully saturated rings. The maximum Gasteiger partial charge on any atom is 0.234 e. The van der Waals surface area contributed by atoms with Crippen molar-refractivity contribution in [2.24, 2.45) is 0 Å². The van der Waals surface area contributed by atoms with E-state index in [1.54, 1.807) is 24.3 Å². The lowest BCUT2D eigenvalue weighted by molar-refractivity contribution is -0.113. The first kappa shape index (κ1) is 21.2. The number of nitrogens with zero attached hydrogens (tertiary/aromatic N) is 3. The Kier molecular flexibility index (Phi) is 7.17. The summed E-state index contributed by atoms with van der Waals surface area (Å²) in [6.45, 7) is 7.08. The van der Waals surface area contributed by atoms with Crippen molar-refractivity contribution in [2.45, 2.75) is 39.1 Å². The Bertz CT molecular complexity index is 989. The summed E-state index contributed by atoms with van der Waals surface area (Å²) >= 11 is 7.21. The standard InChI is InChI=1S/C21H23ClN4O2S/c1-4-26-19(12-28-18-11-14(2)5-6-15(18)3)24-25-21(26)29-13-20(27)23-17-9-7-16(22)8-10-17/h5-11H,4,12-13H2,1-3H3,(H,23,27). The lowest BCUT2D eigenvalue weighted by Gasteiger charge is -2.11. The molecule has 2 aromatic carbocycles. The number of hydrogen-bond donors (Lipinski definition) is 1. The number of thioether (sulfide) groups is 1. The van der Waals surface area contributed by atoms with Crippen LogP contribution in [0.3, 0.4) is 0 Å². The molecule has 152 valence electrons. The summed E-state index contributed by atoms with van der Waals surface area (Å²) in [6, 6.07) is 13.1. The second-order valence-corrected chi connectivity index (χ2v) is 7.92. The molecule has 8 heteroatoms. The molecule has 0 radical (unpaired) electrons. The first-order valence-electron chi connectivity index (χ1n) is 9.26. The number of ether oxygens (including phenoxy) is 1. The fraction of sp³-hybridized carbons (Fsp3) is 0.286. The Labute approximate surface area is 179 Å². The molecule has 0 unspecified atom stereocenters. The Morgan fingerprint density at radius 1 is 1.17 bits per heavy atom. The van der Waals surface area contributed by atoms with Crippen LogP contribution in [0.4, 0.5) is 5.69 Å². The van der Waals surface area contributed by atoms with E-state index in [2.05, 4.69) is 21.6 Å². The van der Waals surface area contributed by atoms with E-state index >= 15 is 0 Å². The largest absolute Gasteiger partial charge is 0.485 e. The van der Waals surface area contributed by atoms with Gasteiger partial charge in [-0.3, -0.25) is 4.79 Å². The summed E-state index contributed by atoms with van der Waals surface area (Å²) < 4.78 is 7.91. The van der Waals surface area contributed by atoms with Crippen molar-refractivity contribution < 1.29 is 9.53 Å². The molecule has 0 aliphatic rings. The van der Waals surface area contributed by atoms with Gasteiger partial charge in [0.1, 0.15) is 12.4 Å². The van der Waals surface area contributed by atoms with Crippen LogP contribution in [-0.4, -0.2) is 26.4 Å². The topological polar surface area (TPSA) is 69.0 Å². The second-order valence-electron chi connectivity index (χ2n) is 6.54. The number of rotatable bonds is 8. The first-order valence-corrected chi connectivity index (χ1v) is 10.6. The van der Waals surface area contributed by atoms with Crippen molar-refractivity contribution in [1.82, 2.24) is 14.8 Å². The van der Waals surface area contributed by atoms with E-state index in [4.69, 9.17) is 16.3 Å². The van der Waals surface area contributed by atoms with Crippen LogP contribution in [0.2, 0.25) is 5.02 Å². The molecule has 0 bridgehead atoms. The van der Waals surface area contributed by atoms with Gasteiger partial charge in [0.2, 0.25) is 5.91 Å². The molecule has 0 atom stereocenters. The zero-order chi connectivity index (χ0) is 20.8.